The van der Waals surface area contributed by atoms with E-state index in [2.05, 4.69) is 10.2 Å². The molecule has 5 nitrogen and oxygen atoms in total. The zero-order chi connectivity index (χ0) is 17.4. The molecule has 1 unspecified atom stereocenters. The Hall–Kier alpha value is -1.59. The smallest absolute Gasteiger partial charge is 0.256 e. The van der Waals surface area contributed by atoms with E-state index in [0.717, 1.165) is 31.0 Å². The summed E-state index contributed by atoms with van der Waals surface area (Å²) in [5, 5.41) is 2.89. The molecular formula is C19H30N2O3. The van der Waals surface area contributed by atoms with Crippen molar-refractivity contribution in [3.63, 3.8) is 0 Å². The fraction of sp³-hybridized carbons (Fsp3) is 0.632. The van der Waals surface area contributed by atoms with Crippen LogP contribution >= 0.6 is 0 Å². The second-order valence-corrected chi connectivity index (χ2v) is 6.52. The van der Waals surface area contributed by atoms with Gasteiger partial charge in [-0.2, -0.15) is 0 Å². The quantitative estimate of drug-likeness (QED) is 0.704. The Morgan fingerprint density at radius 1 is 1.25 bits per heavy atom. The third kappa shape index (κ3) is 5.21. The predicted octanol–water partition coefficient (Wildman–Crippen LogP) is 3.30. The van der Waals surface area contributed by atoms with E-state index in [-0.39, 0.29) is 5.91 Å². The Balaban J connectivity index is 1.74. The molecule has 1 N–H and O–H groups in total. The van der Waals surface area contributed by atoms with Gasteiger partial charge >= 0.3 is 0 Å². The molecule has 1 amide bonds. The van der Waals surface area contributed by atoms with Gasteiger partial charge in [0.05, 0.1) is 6.61 Å². The minimum Gasteiger partial charge on any atom is -0.494 e. The van der Waals surface area contributed by atoms with Gasteiger partial charge in [-0.05, 0) is 70.0 Å². The average molecular weight is 334 g/mol. The Morgan fingerprint density at radius 3 is 2.50 bits per heavy atom. The first kappa shape index (κ1) is 18.7. The molecule has 5 heteroatoms. The van der Waals surface area contributed by atoms with Gasteiger partial charge in [-0.1, -0.05) is 6.92 Å². The number of methoxy groups -OCH3 is 1. The number of hydrogen-bond donors (Lipinski definition) is 1. The van der Waals surface area contributed by atoms with Gasteiger partial charge in [0, 0.05) is 19.3 Å². The van der Waals surface area contributed by atoms with Crippen molar-refractivity contribution in [3.8, 4) is 5.75 Å². The summed E-state index contributed by atoms with van der Waals surface area (Å²) in [6.45, 7) is 8.02. The molecule has 1 saturated heterocycles. The monoisotopic (exact) mass is 334 g/mol. The Morgan fingerprint density at radius 2 is 1.92 bits per heavy atom. The highest BCUT2D eigenvalue weighted by atomic mass is 16.5. The van der Waals surface area contributed by atoms with E-state index in [4.69, 9.17) is 9.47 Å². The standard InChI is InChI=1S/C19H30N2O3/c1-4-19(2,23-3)18(22)20-16-8-10-17(11-9-16)24-15-7-14-21-12-5-6-13-21/h8-11H,4-7,12-15H2,1-3H3,(H,20,22). The normalized spacial score (nSPS) is 17.5. The van der Waals surface area contributed by atoms with Crippen molar-refractivity contribution >= 4 is 11.6 Å². The van der Waals surface area contributed by atoms with Crippen LogP contribution in [0.25, 0.3) is 0 Å². The molecule has 0 spiro atoms. The molecule has 1 fully saturated rings. The number of carbonyl (C=O) groups is 1. The van der Waals surface area contributed by atoms with Gasteiger partial charge in [-0.25, -0.2) is 0 Å². The van der Waals surface area contributed by atoms with Crippen LogP contribution in [-0.4, -0.2) is 49.8 Å². The number of nitrogens with one attached hydrogen (secondary N) is 1. The topological polar surface area (TPSA) is 50.8 Å². The van der Waals surface area contributed by atoms with Gasteiger partial charge in [-0.15, -0.1) is 0 Å². The lowest BCUT2D eigenvalue weighted by Gasteiger charge is -2.25. The van der Waals surface area contributed by atoms with Crippen LogP contribution in [0.1, 0.15) is 39.5 Å². The van der Waals surface area contributed by atoms with E-state index in [1.54, 1.807) is 14.0 Å². The molecule has 134 valence electrons. The number of ether oxygens (including phenoxy) is 2. The van der Waals surface area contributed by atoms with E-state index in [0.29, 0.717) is 6.42 Å². The fourth-order valence-electron chi connectivity index (χ4n) is 2.78. The van der Waals surface area contributed by atoms with Crippen molar-refractivity contribution in [2.45, 2.75) is 45.1 Å². The lowest BCUT2D eigenvalue weighted by atomic mass is 10.0. The highest BCUT2D eigenvalue weighted by Crippen LogP contribution is 2.20. The first-order chi connectivity index (χ1) is 11.6. The van der Waals surface area contributed by atoms with Gasteiger partial charge in [0.1, 0.15) is 11.4 Å². The van der Waals surface area contributed by atoms with Gasteiger partial charge in [-0.3, -0.25) is 4.79 Å². The zero-order valence-corrected chi connectivity index (χ0v) is 15.1. The first-order valence-corrected chi connectivity index (χ1v) is 8.89. The largest absolute Gasteiger partial charge is 0.494 e. The summed E-state index contributed by atoms with van der Waals surface area (Å²) < 4.78 is 11.1. The SMILES string of the molecule is CCC(C)(OC)C(=O)Nc1ccc(OCCCN2CCCC2)cc1. The number of carbonyl (C=O) groups excluding carboxylic acids is 1. The van der Waals surface area contributed by atoms with E-state index in [1.807, 2.05) is 31.2 Å². The van der Waals surface area contributed by atoms with Crippen molar-refractivity contribution in [2.75, 3.05) is 38.7 Å². The summed E-state index contributed by atoms with van der Waals surface area (Å²) in [4.78, 5) is 14.7. The molecule has 2 rings (SSSR count). The zero-order valence-electron chi connectivity index (χ0n) is 15.1. The molecule has 0 aliphatic carbocycles. The predicted molar refractivity (Wildman–Crippen MR) is 96.6 cm³/mol. The van der Waals surface area contributed by atoms with Crippen molar-refractivity contribution in [3.05, 3.63) is 24.3 Å². The van der Waals surface area contributed by atoms with Gasteiger partial charge in [0.2, 0.25) is 0 Å². The van der Waals surface area contributed by atoms with E-state index < -0.39 is 5.60 Å². The van der Waals surface area contributed by atoms with Crippen LogP contribution in [0, 0.1) is 0 Å². The molecule has 0 saturated carbocycles. The van der Waals surface area contributed by atoms with Gasteiger partial charge < -0.3 is 19.7 Å². The van der Waals surface area contributed by atoms with Crippen molar-refractivity contribution in [1.82, 2.24) is 4.90 Å². The minimum absolute atomic E-state index is 0.133. The fourth-order valence-corrected chi connectivity index (χ4v) is 2.78. The molecule has 1 aliphatic heterocycles. The summed E-state index contributed by atoms with van der Waals surface area (Å²) >= 11 is 0. The highest BCUT2D eigenvalue weighted by molar-refractivity contribution is 5.97. The van der Waals surface area contributed by atoms with E-state index in [9.17, 15) is 4.79 Å². The number of amides is 1. The summed E-state index contributed by atoms with van der Waals surface area (Å²) in [7, 11) is 1.56. The molecule has 1 aromatic carbocycles. The first-order valence-electron chi connectivity index (χ1n) is 8.89. The summed E-state index contributed by atoms with van der Waals surface area (Å²) in [6.07, 6.45) is 4.32. The van der Waals surface area contributed by atoms with Gasteiger partial charge in [0.15, 0.2) is 0 Å². The molecule has 1 aromatic rings. The molecular weight excluding hydrogens is 304 g/mol. The maximum Gasteiger partial charge on any atom is 0.256 e. The van der Waals surface area contributed by atoms with Crippen molar-refractivity contribution in [2.24, 2.45) is 0 Å². The Bertz CT molecular complexity index is 506. The lowest BCUT2D eigenvalue weighted by molar-refractivity contribution is -0.136. The van der Waals surface area contributed by atoms with Crippen LogP contribution in [0.15, 0.2) is 24.3 Å². The van der Waals surface area contributed by atoms with Crippen LogP contribution < -0.4 is 10.1 Å². The number of hydrogen-bond acceptors (Lipinski definition) is 4. The van der Waals surface area contributed by atoms with Crippen LogP contribution in [0.5, 0.6) is 5.75 Å². The third-order valence-corrected chi connectivity index (χ3v) is 4.80. The van der Waals surface area contributed by atoms with Crippen LogP contribution in [0.2, 0.25) is 0 Å². The maximum absolute atomic E-state index is 12.2. The average Bonchev–Trinajstić information content (AvgIpc) is 3.12. The van der Waals surface area contributed by atoms with Gasteiger partial charge in [0.25, 0.3) is 5.91 Å². The Labute approximate surface area is 145 Å². The molecule has 0 bridgehead atoms. The van der Waals surface area contributed by atoms with E-state index >= 15 is 0 Å². The minimum atomic E-state index is -0.801. The number of nitrogens with zero attached hydrogens (tertiary/aromatic N) is 1. The Kier molecular flexibility index (Phi) is 7.06. The number of benzene rings is 1. The summed E-state index contributed by atoms with van der Waals surface area (Å²) in [6, 6.07) is 7.50. The molecule has 1 atom stereocenters. The lowest BCUT2D eigenvalue weighted by Crippen LogP contribution is -2.41. The third-order valence-electron chi connectivity index (χ3n) is 4.80. The van der Waals surface area contributed by atoms with Crippen LogP contribution in [-0.2, 0) is 9.53 Å². The van der Waals surface area contributed by atoms with Crippen LogP contribution in [0.4, 0.5) is 5.69 Å². The second-order valence-electron chi connectivity index (χ2n) is 6.52. The molecule has 24 heavy (non-hydrogen) atoms. The molecule has 0 aromatic heterocycles. The molecule has 1 heterocycles. The molecule has 0 radical (unpaired) electrons. The van der Waals surface area contributed by atoms with Crippen molar-refractivity contribution < 1.29 is 14.3 Å². The van der Waals surface area contributed by atoms with Crippen molar-refractivity contribution in [1.29, 1.82) is 0 Å². The number of anilines is 1. The van der Waals surface area contributed by atoms with Crippen LogP contribution in [0.3, 0.4) is 0 Å². The second kappa shape index (κ2) is 9.04. The molecule has 1 aliphatic rings. The van der Waals surface area contributed by atoms with E-state index in [1.165, 1.54) is 25.9 Å². The number of likely N-dealkylation sites (tertiary alicyclic amines) is 1. The summed E-state index contributed by atoms with van der Waals surface area (Å²) in [5.74, 6) is 0.700. The summed E-state index contributed by atoms with van der Waals surface area (Å²) in [5.41, 5.74) is -0.0498. The number of rotatable bonds is 9. The maximum atomic E-state index is 12.2. The highest BCUT2D eigenvalue weighted by Gasteiger charge is 2.30.